The summed E-state index contributed by atoms with van der Waals surface area (Å²) in [5.74, 6) is -1.12. The molecule has 0 bridgehead atoms. The standard InChI is InChI=1S/C24H20ClFN2O7S/c1-14(23(29)27-17-6-9-21-22(12-17)34-11-10-33-21)35-24(30)19-13-18(7-8-20(19)25)36(31,32)28-16-4-2-15(26)3-5-16/h2-9,12-14,28H,10-11H2,1H3,(H,27,29). The van der Waals surface area contributed by atoms with Crippen molar-refractivity contribution in [2.24, 2.45) is 0 Å². The van der Waals surface area contributed by atoms with Crippen molar-refractivity contribution < 1.29 is 36.6 Å². The number of carbonyl (C=O) groups excluding carboxylic acids is 2. The molecule has 4 rings (SSSR count). The number of benzene rings is 3. The van der Waals surface area contributed by atoms with E-state index in [1.54, 1.807) is 18.2 Å². The number of hydrogen-bond donors (Lipinski definition) is 2. The Kier molecular flexibility index (Phi) is 7.32. The van der Waals surface area contributed by atoms with E-state index in [1.165, 1.54) is 31.2 Å². The summed E-state index contributed by atoms with van der Waals surface area (Å²) in [6, 6.07) is 13.0. The van der Waals surface area contributed by atoms with Gasteiger partial charge in [-0.3, -0.25) is 9.52 Å². The summed E-state index contributed by atoms with van der Waals surface area (Å²) in [6.45, 7) is 2.17. The van der Waals surface area contributed by atoms with Crippen LogP contribution in [0.2, 0.25) is 5.02 Å². The third kappa shape index (κ3) is 5.86. The molecule has 0 fully saturated rings. The minimum atomic E-state index is -4.13. The van der Waals surface area contributed by atoms with Gasteiger partial charge in [-0.15, -0.1) is 0 Å². The normalized spacial score (nSPS) is 13.4. The molecule has 36 heavy (non-hydrogen) atoms. The predicted molar refractivity (Wildman–Crippen MR) is 130 cm³/mol. The maximum absolute atomic E-state index is 13.1. The van der Waals surface area contributed by atoms with Gasteiger partial charge in [0, 0.05) is 17.4 Å². The maximum atomic E-state index is 13.1. The van der Waals surface area contributed by atoms with Gasteiger partial charge in [0.1, 0.15) is 19.0 Å². The van der Waals surface area contributed by atoms with Gasteiger partial charge in [0.15, 0.2) is 17.6 Å². The van der Waals surface area contributed by atoms with Gasteiger partial charge in [0.25, 0.3) is 15.9 Å². The summed E-state index contributed by atoms with van der Waals surface area (Å²) in [6.07, 6.45) is -1.24. The highest BCUT2D eigenvalue weighted by Gasteiger charge is 2.24. The van der Waals surface area contributed by atoms with Gasteiger partial charge in [-0.2, -0.15) is 0 Å². The van der Waals surface area contributed by atoms with E-state index >= 15 is 0 Å². The lowest BCUT2D eigenvalue weighted by atomic mass is 10.2. The van der Waals surface area contributed by atoms with Crippen molar-refractivity contribution in [2.75, 3.05) is 23.3 Å². The quantitative estimate of drug-likeness (QED) is 0.435. The van der Waals surface area contributed by atoms with Crippen molar-refractivity contribution in [3.8, 4) is 11.5 Å². The van der Waals surface area contributed by atoms with Gasteiger partial charge in [-0.1, -0.05) is 11.6 Å². The second-order valence-corrected chi connectivity index (χ2v) is 9.74. The number of esters is 1. The summed E-state index contributed by atoms with van der Waals surface area (Å²) in [7, 11) is -4.13. The average molecular weight is 535 g/mol. The van der Waals surface area contributed by atoms with Gasteiger partial charge in [-0.05, 0) is 61.5 Å². The Bertz CT molecular complexity index is 1410. The number of amides is 1. The van der Waals surface area contributed by atoms with Crippen LogP contribution in [0.1, 0.15) is 17.3 Å². The Morgan fingerprint density at radius 3 is 2.36 bits per heavy atom. The van der Waals surface area contributed by atoms with E-state index in [1.807, 2.05) is 0 Å². The van der Waals surface area contributed by atoms with Crippen LogP contribution in [0, 0.1) is 5.82 Å². The van der Waals surface area contributed by atoms with E-state index in [4.69, 9.17) is 25.8 Å². The van der Waals surface area contributed by atoms with E-state index in [9.17, 15) is 22.4 Å². The molecule has 1 atom stereocenters. The number of halogens is 2. The fourth-order valence-corrected chi connectivity index (χ4v) is 4.48. The van der Waals surface area contributed by atoms with Crippen LogP contribution in [0.3, 0.4) is 0 Å². The third-order valence-electron chi connectivity index (χ3n) is 5.03. The van der Waals surface area contributed by atoms with Crippen LogP contribution >= 0.6 is 11.6 Å². The van der Waals surface area contributed by atoms with Crippen LogP contribution in [0.5, 0.6) is 11.5 Å². The van der Waals surface area contributed by atoms with Crippen molar-refractivity contribution in [3.05, 3.63) is 77.1 Å². The van der Waals surface area contributed by atoms with Crippen molar-refractivity contribution in [3.63, 3.8) is 0 Å². The Morgan fingerprint density at radius 2 is 1.64 bits per heavy atom. The minimum Gasteiger partial charge on any atom is -0.486 e. The number of ether oxygens (including phenoxy) is 3. The lowest BCUT2D eigenvalue weighted by Crippen LogP contribution is -2.30. The lowest BCUT2D eigenvalue weighted by molar-refractivity contribution is -0.123. The van der Waals surface area contributed by atoms with Crippen LogP contribution in [0.15, 0.2) is 65.6 Å². The van der Waals surface area contributed by atoms with E-state index in [2.05, 4.69) is 10.0 Å². The average Bonchev–Trinajstić information content (AvgIpc) is 2.85. The Hall–Kier alpha value is -3.83. The number of anilines is 2. The Morgan fingerprint density at radius 1 is 0.972 bits per heavy atom. The third-order valence-corrected chi connectivity index (χ3v) is 6.74. The second kappa shape index (κ2) is 10.4. The number of sulfonamides is 1. The van der Waals surface area contributed by atoms with E-state index in [0.29, 0.717) is 30.4 Å². The molecule has 3 aromatic rings. The zero-order valence-electron chi connectivity index (χ0n) is 18.8. The molecule has 1 unspecified atom stereocenters. The van der Waals surface area contributed by atoms with Crippen molar-refractivity contribution >= 4 is 44.9 Å². The summed E-state index contributed by atoms with van der Waals surface area (Å²) >= 11 is 6.09. The van der Waals surface area contributed by atoms with Crippen LogP contribution in [0.4, 0.5) is 15.8 Å². The minimum absolute atomic E-state index is 0.0693. The molecule has 12 heteroatoms. The zero-order valence-corrected chi connectivity index (χ0v) is 20.4. The molecular weight excluding hydrogens is 515 g/mol. The van der Waals surface area contributed by atoms with E-state index in [-0.39, 0.29) is 21.2 Å². The Labute approximate surface area is 211 Å². The molecule has 1 amide bonds. The molecule has 1 aliphatic rings. The molecule has 0 aromatic heterocycles. The van der Waals surface area contributed by atoms with Gasteiger partial charge in [-0.25, -0.2) is 17.6 Å². The van der Waals surface area contributed by atoms with Gasteiger partial charge in [0.2, 0.25) is 0 Å². The van der Waals surface area contributed by atoms with Crippen molar-refractivity contribution in [1.29, 1.82) is 0 Å². The molecule has 188 valence electrons. The number of carbonyl (C=O) groups is 2. The van der Waals surface area contributed by atoms with Crippen molar-refractivity contribution in [2.45, 2.75) is 17.9 Å². The maximum Gasteiger partial charge on any atom is 0.340 e. The first kappa shape index (κ1) is 25.3. The highest BCUT2D eigenvalue weighted by molar-refractivity contribution is 7.92. The Balaban J connectivity index is 1.44. The van der Waals surface area contributed by atoms with Crippen LogP contribution in [0.25, 0.3) is 0 Å². The number of rotatable bonds is 7. The first-order valence-electron chi connectivity index (χ1n) is 10.6. The van der Waals surface area contributed by atoms with Crippen LogP contribution < -0.4 is 19.5 Å². The molecule has 0 spiro atoms. The second-order valence-electron chi connectivity index (χ2n) is 7.65. The summed E-state index contributed by atoms with van der Waals surface area (Å²) in [4.78, 5) is 25.0. The molecular formula is C24H20ClFN2O7S. The first-order chi connectivity index (χ1) is 17.1. The van der Waals surface area contributed by atoms with Crippen molar-refractivity contribution in [1.82, 2.24) is 0 Å². The van der Waals surface area contributed by atoms with Gasteiger partial charge >= 0.3 is 5.97 Å². The smallest absolute Gasteiger partial charge is 0.340 e. The number of fused-ring (bicyclic) bond motifs is 1. The fraction of sp³-hybridized carbons (Fsp3) is 0.167. The fourth-order valence-electron chi connectivity index (χ4n) is 3.20. The number of hydrogen-bond acceptors (Lipinski definition) is 7. The molecule has 0 radical (unpaired) electrons. The lowest BCUT2D eigenvalue weighted by Gasteiger charge is -2.19. The molecule has 1 heterocycles. The molecule has 2 N–H and O–H groups in total. The summed E-state index contributed by atoms with van der Waals surface area (Å²) in [5.41, 5.74) is 0.280. The highest BCUT2D eigenvalue weighted by Crippen LogP contribution is 2.32. The van der Waals surface area contributed by atoms with E-state index < -0.39 is 33.8 Å². The monoisotopic (exact) mass is 534 g/mol. The topological polar surface area (TPSA) is 120 Å². The van der Waals surface area contributed by atoms with Gasteiger partial charge < -0.3 is 19.5 Å². The molecule has 0 aliphatic carbocycles. The molecule has 0 saturated carbocycles. The molecule has 0 saturated heterocycles. The largest absolute Gasteiger partial charge is 0.486 e. The molecule has 9 nitrogen and oxygen atoms in total. The predicted octanol–water partition coefficient (Wildman–Crippen LogP) is 4.24. The number of nitrogens with one attached hydrogen (secondary N) is 2. The zero-order chi connectivity index (χ0) is 25.9. The highest BCUT2D eigenvalue weighted by atomic mass is 35.5. The van der Waals surface area contributed by atoms with Crippen LogP contribution in [-0.4, -0.2) is 39.6 Å². The SMILES string of the molecule is CC(OC(=O)c1cc(S(=O)(=O)Nc2ccc(F)cc2)ccc1Cl)C(=O)Nc1ccc2c(c1)OCCO2. The first-order valence-corrected chi connectivity index (χ1v) is 12.5. The summed E-state index contributed by atoms with van der Waals surface area (Å²) < 4.78 is 57.0. The summed E-state index contributed by atoms with van der Waals surface area (Å²) in [5, 5.41) is 2.54. The van der Waals surface area contributed by atoms with E-state index in [0.717, 1.165) is 18.2 Å². The molecule has 1 aliphatic heterocycles. The van der Waals surface area contributed by atoms with Crippen LogP contribution in [-0.2, 0) is 19.6 Å². The molecule has 3 aromatic carbocycles. The van der Waals surface area contributed by atoms with Gasteiger partial charge in [0.05, 0.1) is 15.5 Å².